The fraction of sp³-hybridized carbons (Fsp3) is 0.522. The molecule has 0 spiro atoms. The van der Waals surface area contributed by atoms with Crippen LogP contribution in [0.1, 0.15) is 19.4 Å². The number of hydrogen-bond acceptors (Lipinski definition) is 11. The lowest BCUT2D eigenvalue weighted by Gasteiger charge is -2.43. The molecule has 1 fully saturated rings. The molecule has 6 atom stereocenters. The fourth-order valence-corrected chi connectivity index (χ4v) is 4.05. The van der Waals surface area contributed by atoms with Gasteiger partial charge in [0.2, 0.25) is 0 Å². The predicted molar refractivity (Wildman–Crippen MR) is 117 cm³/mol. The Hall–Kier alpha value is -2.51. The van der Waals surface area contributed by atoms with Crippen molar-refractivity contribution in [1.29, 1.82) is 0 Å². The van der Waals surface area contributed by atoms with E-state index in [9.17, 15) is 30.3 Å². The van der Waals surface area contributed by atoms with Crippen molar-refractivity contribution in [3.63, 3.8) is 0 Å². The van der Waals surface area contributed by atoms with Gasteiger partial charge in [-0.3, -0.25) is 0 Å². The largest absolute Gasteiger partial charge is 0.495 e. The topological polar surface area (TPSA) is 172 Å². The van der Waals surface area contributed by atoms with Gasteiger partial charge in [0.15, 0.2) is 6.29 Å². The molecule has 3 aromatic rings. The van der Waals surface area contributed by atoms with Crippen molar-refractivity contribution in [3.8, 4) is 5.75 Å². The molecule has 186 valence electrons. The maximum atomic E-state index is 12.6. The summed E-state index contributed by atoms with van der Waals surface area (Å²) in [5.74, 6) is 0.456. The molecule has 4 rings (SSSR count). The number of methoxy groups -OCH3 is 1. The Balaban J connectivity index is 1.59. The lowest BCUT2D eigenvalue weighted by molar-refractivity contribution is -0.331. The molecule has 5 N–H and O–H groups in total. The van der Waals surface area contributed by atoms with Crippen LogP contribution >= 0.6 is 0 Å². The monoisotopic (exact) mass is 480 g/mol. The van der Waals surface area contributed by atoms with Gasteiger partial charge in [0.25, 0.3) is 0 Å². The molecule has 1 saturated heterocycles. The van der Waals surface area contributed by atoms with E-state index in [0.717, 1.165) is 0 Å². The Morgan fingerprint density at radius 2 is 1.82 bits per heavy atom. The van der Waals surface area contributed by atoms with Gasteiger partial charge in [-0.25, -0.2) is 4.79 Å². The molecule has 0 bridgehead atoms. The van der Waals surface area contributed by atoms with Gasteiger partial charge in [-0.1, -0.05) is 0 Å². The zero-order valence-electron chi connectivity index (χ0n) is 18.9. The first kappa shape index (κ1) is 24.6. The Morgan fingerprint density at radius 3 is 2.50 bits per heavy atom. The second-order valence-corrected chi connectivity index (χ2v) is 8.85. The molecule has 1 aliphatic heterocycles. The van der Waals surface area contributed by atoms with Gasteiger partial charge in [-0.2, -0.15) is 0 Å². The third-order valence-electron chi connectivity index (χ3n) is 6.18. The highest BCUT2D eigenvalue weighted by atomic mass is 16.7. The van der Waals surface area contributed by atoms with Gasteiger partial charge < -0.3 is 48.6 Å². The first-order chi connectivity index (χ1) is 16.1. The number of rotatable bonds is 7. The second kappa shape index (κ2) is 9.27. The first-order valence-corrected chi connectivity index (χ1v) is 10.7. The summed E-state index contributed by atoms with van der Waals surface area (Å²) < 4.78 is 27.4. The summed E-state index contributed by atoms with van der Waals surface area (Å²) in [6, 6.07) is 4.88. The van der Waals surface area contributed by atoms with E-state index < -0.39 is 54.6 Å². The average molecular weight is 480 g/mol. The molecule has 0 saturated carbocycles. The maximum Gasteiger partial charge on any atom is 0.339 e. The highest BCUT2D eigenvalue weighted by Gasteiger charge is 2.46. The van der Waals surface area contributed by atoms with E-state index in [1.54, 1.807) is 18.2 Å². The van der Waals surface area contributed by atoms with Crippen molar-refractivity contribution in [1.82, 2.24) is 0 Å². The van der Waals surface area contributed by atoms with Crippen LogP contribution in [0.4, 0.5) is 0 Å². The number of hydrogen-bond donors (Lipinski definition) is 5. The summed E-state index contributed by atoms with van der Waals surface area (Å²) in [5, 5.41) is 51.6. The van der Waals surface area contributed by atoms with Crippen LogP contribution < -0.4 is 10.4 Å². The molecule has 11 nitrogen and oxygen atoms in total. The van der Waals surface area contributed by atoms with Gasteiger partial charge in [-0.15, -0.1) is 0 Å². The summed E-state index contributed by atoms with van der Waals surface area (Å²) in [7, 11) is 1.48. The normalized spacial score (nSPS) is 26.8. The summed E-state index contributed by atoms with van der Waals surface area (Å²) in [4.78, 5) is 12.6. The Labute approximate surface area is 193 Å². The molecule has 1 aliphatic rings. The molecular formula is C23H28O11. The van der Waals surface area contributed by atoms with Gasteiger partial charge in [-0.05, 0) is 26.0 Å². The third-order valence-corrected chi connectivity index (χ3v) is 6.18. The van der Waals surface area contributed by atoms with E-state index in [4.69, 9.17) is 23.0 Å². The molecule has 3 heterocycles. The van der Waals surface area contributed by atoms with Crippen LogP contribution in [0.2, 0.25) is 0 Å². The highest BCUT2D eigenvalue weighted by molar-refractivity contribution is 6.01. The van der Waals surface area contributed by atoms with Crippen LogP contribution in [0, 0.1) is 0 Å². The fourth-order valence-electron chi connectivity index (χ4n) is 4.05. The van der Waals surface area contributed by atoms with Gasteiger partial charge in [0, 0.05) is 18.1 Å². The molecule has 0 aliphatic carbocycles. The smallest absolute Gasteiger partial charge is 0.339 e. The van der Waals surface area contributed by atoms with E-state index in [1.165, 1.54) is 27.2 Å². The molecule has 11 heteroatoms. The number of aliphatic hydroxyl groups excluding tert-OH is 5. The van der Waals surface area contributed by atoms with Crippen molar-refractivity contribution < 1.29 is 48.6 Å². The van der Waals surface area contributed by atoms with Crippen molar-refractivity contribution >= 4 is 21.9 Å². The summed E-state index contributed by atoms with van der Waals surface area (Å²) in [6.07, 6.45) is -7.34. The van der Waals surface area contributed by atoms with E-state index in [0.29, 0.717) is 22.1 Å². The molecular weight excluding hydrogens is 452 g/mol. The van der Waals surface area contributed by atoms with Crippen molar-refractivity contribution in [2.45, 2.75) is 62.7 Å². The summed E-state index contributed by atoms with van der Waals surface area (Å²) >= 11 is 0. The SMILES string of the molecule is COc1c2ccoc2cc2oc(=O)c(C[C@H](O)C(C)(C)O[C@@H]3O[C@H](CO)[C@@H](O)[C@H](O)[C@H]3O)cc12. The van der Waals surface area contributed by atoms with E-state index in [-0.39, 0.29) is 17.6 Å². The minimum atomic E-state index is -1.63. The van der Waals surface area contributed by atoms with Crippen molar-refractivity contribution in [2.24, 2.45) is 0 Å². The summed E-state index contributed by atoms with van der Waals surface area (Å²) in [6.45, 7) is 2.41. The maximum absolute atomic E-state index is 12.6. The van der Waals surface area contributed by atoms with Crippen LogP contribution in [0.25, 0.3) is 21.9 Å². The number of fused-ring (bicyclic) bond motifs is 2. The van der Waals surface area contributed by atoms with Crippen molar-refractivity contribution in [2.75, 3.05) is 13.7 Å². The first-order valence-electron chi connectivity index (χ1n) is 10.7. The molecule has 0 amide bonds. The second-order valence-electron chi connectivity index (χ2n) is 8.85. The zero-order valence-corrected chi connectivity index (χ0v) is 18.9. The molecule has 2 aromatic heterocycles. The van der Waals surface area contributed by atoms with Crippen LogP contribution in [0.3, 0.4) is 0 Å². The molecule has 34 heavy (non-hydrogen) atoms. The van der Waals surface area contributed by atoms with Crippen LogP contribution in [0.5, 0.6) is 5.75 Å². The minimum Gasteiger partial charge on any atom is -0.495 e. The highest BCUT2D eigenvalue weighted by Crippen LogP contribution is 2.35. The standard InChI is InChI=1S/C23H28O11/c1-23(2,34-22-19(28)18(27)17(26)15(9-24)33-22)16(25)7-10-6-12-14(32-21(10)29)8-13-11(4-5-31-13)20(12)30-3/h4-6,8,15-19,22,24-28H,7,9H2,1-3H3/t15-,16+,17-,18+,19-,22+/m1/s1. The van der Waals surface area contributed by atoms with Crippen LogP contribution in [-0.4, -0.2) is 81.7 Å². The molecule has 0 radical (unpaired) electrons. The number of ether oxygens (including phenoxy) is 3. The van der Waals surface area contributed by atoms with E-state index >= 15 is 0 Å². The van der Waals surface area contributed by atoms with Crippen LogP contribution in [-0.2, 0) is 15.9 Å². The Morgan fingerprint density at radius 1 is 1.09 bits per heavy atom. The average Bonchev–Trinajstić information content (AvgIpc) is 3.26. The van der Waals surface area contributed by atoms with E-state index in [1.807, 2.05) is 0 Å². The van der Waals surface area contributed by atoms with Crippen molar-refractivity contribution in [3.05, 3.63) is 40.4 Å². The van der Waals surface area contributed by atoms with E-state index in [2.05, 4.69) is 0 Å². The lowest BCUT2D eigenvalue weighted by atomic mass is 9.94. The predicted octanol–water partition coefficient (Wildman–Crippen LogP) is 0.0463. The third kappa shape index (κ3) is 4.31. The quantitative estimate of drug-likeness (QED) is 0.289. The zero-order chi connectivity index (χ0) is 24.8. The lowest BCUT2D eigenvalue weighted by Crippen LogP contribution is -2.61. The Kier molecular flexibility index (Phi) is 6.71. The van der Waals surface area contributed by atoms with Gasteiger partial charge in [0.1, 0.15) is 41.3 Å². The molecule has 1 aromatic carbocycles. The minimum absolute atomic E-state index is 0.159. The summed E-state index contributed by atoms with van der Waals surface area (Å²) in [5.41, 5.74) is -1.13. The van der Waals surface area contributed by atoms with Gasteiger partial charge >= 0.3 is 5.63 Å². The Bertz CT molecular complexity index is 1210. The number of benzene rings is 1. The molecule has 0 unspecified atom stereocenters. The van der Waals surface area contributed by atoms with Gasteiger partial charge in [0.05, 0.1) is 42.5 Å². The van der Waals surface area contributed by atoms with Crippen LogP contribution in [0.15, 0.2) is 38.1 Å². The number of aliphatic hydroxyl groups is 5. The number of furan rings is 1.